The van der Waals surface area contributed by atoms with Gasteiger partial charge < -0.3 is 11.1 Å². The third-order valence-corrected chi connectivity index (χ3v) is 5.50. The Hall–Kier alpha value is -1.76. The van der Waals surface area contributed by atoms with Gasteiger partial charge in [0.05, 0.1) is 0 Å². The first-order valence-electron chi connectivity index (χ1n) is 8.24. The van der Waals surface area contributed by atoms with Crippen molar-refractivity contribution < 1.29 is 4.79 Å². The lowest BCUT2D eigenvalue weighted by Crippen LogP contribution is -2.53. The molecule has 0 spiro atoms. The molecule has 1 amide bonds. The topological polar surface area (TPSA) is 71.2 Å². The van der Waals surface area contributed by atoms with E-state index in [-0.39, 0.29) is 11.4 Å². The summed E-state index contributed by atoms with van der Waals surface area (Å²) in [6.45, 7) is 7.24. The van der Waals surface area contributed by atoms with E-state index in [9.17, 15) is 4.79 Å². The third kappa shape index (κ3) is 3.66. The van der Waals surface area contributed by atoms with E-state index in [0.717, 1.165) is 24.5 Å². The van der Waals surface area contributed by atoms with Crippen molar-refractivity contribution in [1.29, 1.82) is 0 Å². The highest BCUT2D eigenvalue weighted by atomic mass is 32.1. The van der Waals surface area contributed by atoms with Gasteiger partial charge >= 0.3 is 0 Å². The Balaban J connectivity index is 1.61. The van der Waals surface area contributed by atoms with E-state index in [1.165, 1.54) is 22.5 Å². The number of amides is 1. The average molecular weight is 344 g/mol. The molecule has 0 bridgehead atoms. The molecule has 128 valence electrons. The molecule has 0 saturated heterocycles. The van der Waals surface area contributed by atoms with Crippen molar-refractivity contribution >= 4 is 17.2 Å². The zero-order valence-corrected chi connectivity index (χ0v) is 15.0. The molecule has 0 saturated carbocycles. The Morgan fingerprint density at radius 1 is 1.38 bits per heavy atom. The second-order valence-corrected chi connectivity index (χ2v) is 7.71. The van der Waals surface area contributed by atoms with E-state index in [1.807, 2.05) is 0 Å². The smallest absolute Gasteiger partial charge is 0.270 e. The molecule has 2 aromatic rings. The van der Waals surface area contributed by atoms with E-state index in [2.05, 4.69) is 53.3 Å². The summed E-state index contributed by atoms with van der Waals surface area (Å²) in [5.74, 6) is -0.128. The summed E-state index contributed by atoms with van der Waals surface area (Å²) in [5.41, 5.74) is 8.72. The minimum atomic E-state index is -0.128. The fourth-order valence-electron chi connectivity index (χ4n) is 3.02. The summed E-state index contributed by atoms with van der Waals surface area (Å²) >= 11 is 1.42. The first kappa shape index (κ1) is 17.1. The lowest BCUT2D eigenvalue weighted by Gasteiger charge is -2.41. The van der Waals surface area contributed by atoms with Gasteiger partial charge in [0.15, 0.2) is 0 Å². The summed E-state index contributed by atoms with van der Waals surface area (Å²) in [5, 5.41) is 5.57. The van der Waals surface area contributed by atoms with E-state index < -0.39 is 0 Å². The average Bonchev–Trinajstić information content (AvgIpc) is 3.08. The Morgan fingerprint density at radius 3 is 2.83 bits per heavy atom. The monoisotopic (exact) mass is 344 g/mol. The van der Waals surface area contributed by atoms with Crippen molar-refractivity contribution in [3.8, 4) is 0 Å². The van der Waals surface area contributed by atoms with Crippen LogP contribution in [0.1, 0.15) is 40.5 Å². The second-order valence-electron chi connectivity index (χ2n) is 6.77. The highest BCUT2D eigenvalue weighted by molar-refractivity contribution is 7.09. The quantitative estimate of drug-likeness (QED) is 0.872. The molecule has 0 aliphatic carbocycles. The summed E-state index contributed by atoms with van der Waals surface area (Å²) in [7, 11) is 0. The molecule has 1 aromatic heterocycles. The van der Waals surface area contributed by atoms with Gasteiger partial charge in [0, 0.05) is 37.1 Å². The maximum atomic E-state index is 12.3. The van der Waals surface area contributed by atoms with Gasteiger partial charge in [0.2, 0.25) is 0 Å². The maximum absolute atomic E-state index is 12.3. The van der Waals surface area contributed by atoms with Crippen LogP contribution in [0.4, 0.5) is 0 Å². The molecule has 1 aliphatic heterocycles. The molecule has 1 aliphatic rings. The first-order valence-corrected chi connectivity index (χ1v) is 9.12. The lowest BCUT2D eigenvalue weighted by molar-refractivity contribution is 0.0823. The molecule has 3 N–H and O–H groups in total. The largest absolute Gasteiger partial charge is 0.349 e. The highest BCUT2D eigenvalue weighted by Gasteiger charge is 2.30. The molecule has 1 aromatic carbocycles. The number of thiazole rings is 1. The van der Waals surface area contributed by atoms with Gasteiger partial charge in [-0.15, -0.1) is 11.3 Å². The molecule has 0 fully saturated rings. The van der Waals surface area contributed by atoms with Crippen molar-refractivity contribution in [2.45, 2.75) is 38.9 Å². The summed E-state index contributed by atoms with van der Waals surface area (Å²) in [6, 6.07) is 8.59. The lowest BCUT2D eigenvalue weighted by atomic mass is 9.94. The number of hydrogen-bond acceptors (Lipinski definition) is 5. The maximum Gasteiger partial charge on any atom is 0.270 e. The van der Waals surface area contributed by atoms with Crippen molar-refractivity contribution in [1.82, 2.24) is 15.2 Å². The number of aromatic nitrogens is 1. The highest BCUT2D eigenvalue weighted by Crippen LogP contribution is 2.25. The van der Waals surface area contributed by atoms with Crippen LogP contribution in [-0.4, -0.2) is 34.4 Å². The van der Waals surface area contributed by atoms with Crippen LogP contribution in [0.3, 0.4) is 0 Å². The van der Waals surface area contributed by atoms with Gasteiger partial charge in [0.1, 0.15) is 10.7 Å². The van der Waals surface area contributed by atoms with Crippen LogP contribution in [0.25, 0.3) is 0 Å². The molecular weight excluding hydrogens is 320 g/mol. The summed E-state index contributed by atoms with van der Waals surface area (Å²) < 4.78 is 0. The molecule has 5 nitrogen and oxygen atoms in total. The van der Waals surface area contributed by atoms with Gasteiger partial charge in [-0.3, -0.25) is 9.69 Å². The molecule has 0 radical (unpaired) electrons. The number of nitrogens with zero attached hydrogens (tertiary/aromatic N) is 2. The Labute approximate surface area is 146 Å². The summed E-state index contributed by atoms with van der Waals surface area (Å²) in [4.78, 5) is 18.9. The van der Waals surface area contributed by atoms with Crippen LogP contribution in [-0.2, 0) is 19.5 Å². The molecule has 3 rings (SSSR count). The Kier molecular flexibility index (Phi) is 4.99. The SMILES string of the molecule is CC(C)(CNC(=O)c1csc(CN)n1)N1CCc2ccccc2C1. The molecule has 6 heteroatoms. The minimum Gasteiger partial charge on any atom is -0.349 e. The van der Waals surface area contributed by atoms with E-state index in [0.29, 0.717) is 18.8 Å². The van der Waals surface area contributed by atoms with Gasteiger partial charge in [-0.1, -0.05) is 24.3 Å². The number of carbonyl (C=O) groups is 1. The number of fused-ring (bicyclic) bond motifs is 1. The van der Waals surface area contributed by atoms with E-state index in [4.69, 9.17) is 5.73 Å². The van der Waals surface area contributed by atoms with Gasteiger partial charge in [-0.05, 0) is 31.4 Å². The minimum absolute atomic E-state index is 0.115. The number of rotatable bonds is 5. The number of benzene rings is 1. The van der Waals surface area contributed by atoms with Gasteiger partial charge in [0.25, 0.3) is 5.91 Å². The van der Waals surface area contributed by atoms with Crippen LogP contribution in [0.5, 0.6) is 0 Å². The fourth-order valence-corrected chi connectivity index (χ4v) is 3.67. The molecular formula is C18H24N4OS. The zero-order valence-electron chi connectivity index (χ0n) is 14.2. The Bertz CT molecular complexity index is 725. The standard InChI is InChI=1S/C18H24N4OS/c1-18(2,12-20-17(23)15-11-24-16(9-19)21-15)22-8-7-13-5-3-4-6-14(13)10-22/h3-6,11H,7-10,12,19H2,1-2H3,(H,20,23). The number of nitrogens with two attached hydrogens (primary N) is 1. The first-order chi connectivity index (χ1) is 11.5. The molecule has 24 heavy (non-hydrogen) atoms. The van der Waals surface area contributed by atoms with Crippen LogP contribution in [0, 0.1) is 0 Å². The van der Waals surface area contributed by atoms with Crippen LogP contribution >= 0.6 is 11.3 Å². The number of hydrogen-bond donors (Lipinski definition) is 2. The van der Waals surface area contributed by atoms with Gasteiger partial charge in [-0.25, -0.2) is 4.98 Å². The van der Waals surface area contributed by atoms with Crippen molar-refractivity contribution in [2.24, 2.45) is 5.73 Å². The molecule has 0 unspecified atom stereocenters. The number of carbonyl (C=O) groups excluding carboxylic acids is 1. The second kappa shape index (κ2) is 7.01. The van der Waals surface area contributed by atoms with Crippen LogP contribution in [0.15, 0.2) is 29.6 Å². The van der Waals surface area contributed by atoms with Crippen molar-refractivity contribution in [3.63, 3.8) is 0 Å². The summed E-state index contributed by atoms with van der Waals surface area (Å²) in [6.07, 6.45) is 1.06. The van der Waals surface area contributed by atoms with E-state index in [1.54, 1.807) is 5.38 Å². The third-order valence-electron chi connectivity index (χ3n) is 4.63. The normalized spacial score (nSPS) is 15.1. The predicted molar refractivity (Wildman–Crippen MR) is 97.0 cm³/mol. The zero-order chi connectivity index (χ0) is 17.2. The molecule has 2 heterocycles. The predicted octanol–water partition coefficient (Wildman–Crippen LogP) is 2.17. The number of nitrogens with one attached hydrogen (secondary N) is 1. The van der Waals surface area contributed by atoms with Crippen LogP contribution in [0.2, 0.25) is 0 Å². The van der Waals surface area contributed by atoms with Gasteiger partial charge in [-0.2, -0.15) is 0 Å². The van der Waals surface area contributed by atoms with E-state index >= 15 is 0 Å². The van der Waals surface area contributed by atoms with Crippen molar-refractivity contribution in [3.05, 3.63) is 51.5 Å². The van der Waals surface area contributed by atoms with Crippen LogP contribution < -0.4 is 11.1 Å². The fraction of sp³-hybridized carbons (Fsp3) is 0.444. The van der Waals surface area contributed by atoms with Crippen molar-refractivity contribution in [2.75, 3.05) is 13.1 Å². The Morgan fingerprint density at radius 2 is 2.12 bits per heavy atom. The molecule has 0 atom stereocenters.